The van der Waals surface area contributed by atoms with E-state index >= 15 is 0 Å². The lowest BCUT2D eigenvalue weighted by molar-refractivity contribution is -0.146. The summed E-state index contributed by atoms with van der Waals surface area (Å²) >= 11 is 0. The van der Waals surface area contributed by atoms with Gasteiger partial charge in [0.15, 0.2) is 0 Å². The zero-order chi connectivity index (χ0) is 10.3. The third-order valence-corrected chi connectivity index (χ3v) is 2.08. The Balaban J connectivity index is 3.98. The van der Waals surface area contributed by atoms with Crippen LogP contribution in [0.2, 0.25) is 0 Å². The van der Waals surface area contributed by atoms with Gasteiger partial charge in [-0.15, -0.1) is 0 Å². The Bertz CT molecular complexity index is 150. The molecule has 4 nitrogen and oxygen atoms in total. The lowest BCUT2D eigenvalue weighted by atomic mass is 10.3. The number of hydrogen-bond acceptors (Lipinski definition) is 4. The first-order valence-corrected chi connectivity index (χ1v) is 4.48. The number of rotatable bonds is 6. The Labute approximate surface area is 79.8 Å². The lowest BCUT2D eigenvalue weighted by Crippen LogP contribution is -2.41. The SMILES string of the molecule is CCN(CCOC)C(C)C(=O)OC. The van der Waals surface area contributed by atoms with Crippen LogP contribution in [0.3, 0.4) is 0 Å². The second-order valence-corrected chi connectivity index (χ2v) is 2.82. The largest absolute Gasteiger partial charge is 0.468 e. The van der Waals surface area contributed by atoms with Crippen LogP contribution in [0.25, 0.3) is 0 Å². The van der Waals surface area contributed by atoms with E-state index in [-0.39, 0.29) is 12.0 Å². The molecule has 0 aromatic heterocycles. The fourth-order valence-corrected chi connectivity index (χ4v) is 1.15. The summed E-state index contributed by atoms with van der Waals surface area (Å²) in [7, 11) is 3.06. The number of nitrogens with zero attached hydrogens (tertiary/aromatic N) is 1. The van der Waals surface area contributed by atoms with Crippen LogP contribution in [0.1, 0.15) is 13.8 Å². The van der Waals surface area contributed by atoms with E-state index in [1.165, 1.54) is 7.11 Å². The van der Waals surface area contributed by atoms with Gasteiger partial charge in [-0.25, -0.2) is 0 Å². The van der Waals surface area contributed by atoms with Crippen molar-refractivity contribution in [2.45, 2.75) is 19.9 Å². The van der Waals surface area contributed by atoms with E-state index in [9.17, 15) is 4.79 Å². The summed E-state index contributed by atoms with van der Waals surface area (Å²) in [5.41, 5.74) is 0. The average Bonchev–Trinajstić information content (AvgIpc) is 2.17. The quantitative estimate of drug-likeness (QED) is 0.571. The number of carbonyl (C=O) groups excluding carboxylic acids is 1. The van der Waals surface area contributed by atoms with Crippen LogP contribution in [0.4, 0.5) is 0 Å². The van der Waals surface area contributed by atoms with Gasteiger partial charge in [-0.2, -0.15) is 0 Å². The molecule has 1 unspecified atom stereocenters. The van der Waals surface area contributed by atoms with E-state index < -0.39 is 0 Å². The molecule has 0 aliphatic carbocycles. The minimum atomic E-state index is -0.196. The highest BCUT2D eigenvalue weighted by Crippen LogP contribution is 2.00. The number of carbonyl (C=O) groups is 1. The molecule has 0 saturated carbocycles. The third-order valence-electron chi connectivity index (χ3n) is 2.08. The molecule has 13 heavy (non-hydrogen) atoms. The zero-order valence-electron chi connectivity index (χ0n) is 8.87. The summed E-state index contributed by atoms with van der Waals surface area (Å²) in [4.78, 5) is 13.2. The second-order valence-electron chi connectivity index (χ2n) is 2.82. The maximum absolute atomic E-state index is 11.2. The maximum Gasteiger partial charge on any atom is 0.322 e. The molecule has 0 fully saturated rings. The summed E-state index contributed by atoms with van der Waals surface area (Å²) < 4.78 is 9.60. The van der Waals surface area contributed by atoms with Crippen molar-refractivity contribution in [3.63, 3.8) is 0 Å². The molecule has 0 aliphatic heterocycles. The number of ether oxygens (including phenoxy) is 2. The highest BCUT2D eigenvalue weighted by Gasteiger charge is 2.19. The van der Waals surface area contributed by atoms with Crippen LogP contribution < -0.4 is 0 Å². The van der Waals surface area contributed by atoms with Gasteiger partial charge in [0.25, 0.3) is 0 Å². The maximum atomic E-state index is 11.2. The van der Waals surface area contributed by atoms with Crippen molar-refractivity contribution >= 4 is 5.97 Å². The summed E-state index contributed by atoms with van der Waals surface area (Å²) in [5, 5.41) is 0. The molecule has 4 heteroatoms. The third kappa shape index (κ3) is 4.24. The van der Waals surface area contributed by atoms with Gasteiger partial charge in [0, 0.05) is 13.7 Å². The minimum absolute atomic E-state index is 0.190. The molecule has 0 N–H and O–H groups in total. The first-order valence-electron chi connectivity index (χ1n) is 4.48. The van der Waals surface area contributed by atoms with Crippen molar-refractivity contribution in [2.75, 3.05) is 33.9 Å². The molecular formula is C9H19NO3. The van der Waals surface area contributed by atoms with Gasteiger partial charge in [-0.05, 0) is 13.5 Å². The number of hydrogen-bond donors (Lipinski definition) is 0. The Morgan fingerprint density at radius 1 is 1.46 bits per heavy atom. The summed E-state index contributed by atoms with van der Waals surface area (Å²) in [6.07, 6.45) is 0. The predicted molar refractivity (Wildman–Crippen MR) is 50.6 cm³/mol. The van der Waals surface area contributed by atoms with Gasteiger partial charge in [-0.3, -0.25) is 9.69 Å². The zero-order valence-corrected chi connectivity index (χ0v) is 8.87. The predicted octanol–water partition coefficient (Wildman–Crippen LogP) is 0.516. The van der Waals surface area contributed by atoms with Gasteiger partial charge in [0.2, 0.25) is 0 Å². The normalized spacial score (nSPS) is 13.0. The molecule has 0 aromatic carbocycles. The van der Waals surface area contributed by atoms with Crippen LogP contribution in [0, 0.1) is 0 Å². The fraction of sp³-hybridized carbons (Fsp3) is 0.889. The average molecular weight is 189 g/mol. The summed E-state index contributed by atoms with van der Waals surface area (Å²) in [6, 6.07) is -0.190. The molecule has 0 rings (SSSR count). The second kappa shape index (κ2) is 6.86. The fourth-order valence-electron chi connectivity index (χ4n) is 1.15. The van der Waals surface area contributed by atoms with Crippen molar-refractivity contribution in [3.05, 3.63) is 0 Å². The van der Waals surface area contributed by atoms with Gasteiger partial charge in [0.05, 0.1) is 13.7 Å². The lowest BCUT2D eigenvalue weighted by Gasteiger charge is -2.25. The van der Waals surface area contributed by atoms with Crippen molar-refractivity contribution in [1.82, 2.24) is 4.90 Å². The van der Waals surface area contributed by atoms with Crippen LogP contribution in [-0.4, -0.2) is 50.8 Å². The van der Waals surface area contributed by atoms with E-state index in [4.69, 9.17) is 4.74 Å². The summed E-state index contributed by atoms with van der Waals surface area (Å²) in [6.45, 7) is 6.05. The monoisotopic (exact) mass is 189 g/mol. The first-order chi connectivity index (χ1) is 6.17. The highest BCUT2D eigenvalue weighted by molar-refractivity contribution is 5.75. The number of methoxy groups -OCH3 is 2. The van der Waals surface area contributed by atoms with Crippen LogP contribution >= 0.6 is 0 Å². The van der Waals surface area contributed by atoms with Gasteiger partial charge < -0.3 is 9.47 Å². The molecule has 0 spiro atoms. The van der Waals surface area contributed by atoms with E-state index in [0.717, 1.165) is 13.1 Å². The molecule has 0 aliphatic rings. The van der Waals surface area contributed by atoms with E-state index in [1.54, 1.807) is 7.11 Å². The molecule has 0 aromatic rings. The van der Waals surface area contributed by atoms with Crippen LogP contribution in [0.15, 0.2) is 0 Å². The van der Waals surface area contributed by atoms with Crippen molar-refractivity contribution in [1.29, 1.82) is 0 Å². The van der Waals surface area contributed by atoms with Crippen molar-refractivity contribution in [3.8, 4) is 0 Å². The standard InChI is InChI=1S/C9H19NO3/c1-5-10(6-7-12-3)8(2)9(11)13-4/h8H,5-7H2,1-4H3. The van der Waals surface area contributed by atoms with E-state index in [1.807, 2.05) is 18.7 Å². The number of likely N-dealkylation sites (N-methyl/N-ethyl adjacent to an activating group) is 1. The molecule has 0 bridgehead atoms. The van der Waals surface area contributed by atoms with E-state index in [0.29, 0.717) is 6.61 Å². The van der Waals surface area contributed by atoms with E-state index in [2.05, 4.69) is 4.74 Å². The van der Waals surface area contributed by atoms with Crippen LogP contribution in [-0.2, 0) is 14.3 Å². The van der Waals surface area contributed by atoms with Crippen LogP contribution in [0.5, 0.6) is 0 Å². The molecular weight excluding hydrogens is 170 g/mol. The highest BCUT2D eigenvalue weighted by atomic mass is 16.5. The minimum Gasteiger partial charge on any atom is -0.468 e. The van der Waals surface area contributed by atoms with Crippen molar-refractivity contribution < 1.29 is 14.3 Å². The molecule has 0 amide bonds. The van der Waals surface area contributed by atoms with Gasteiger partial charge in [-0.1, -0.05) is 6.92 Å². The Morgan fingerprint density at radius 2 is 2.08 bits per heavy atom. The number of esters is 1. The summed E-state index contributed by atoms with van der Waals surface area (Å²) in [5.74, 6) is -0.196. The Morgan fingerprint density at radius 3 is 2.46 bits per heavy atom. The Kier molecular flexibility index (Phi) is 6.54. The molecule has 0 saturated heterocycles. The first kappa shape index (κ1) is 12.4. The topological polar surface area (TPSA) is 38.8 Å². The van der Waals surface area contributed by atoms with Crippen molar-refractivity contribution in [2.24, 2.45) is 0 Å². The molecule has 0 radical (unpaired) electrons. The van der Waals surface area contributed by atoms with Gasteiger partial charge in [0.1, 0.15) is 6.04 Å². The Hall–Kier alpha value is -0.610. The molecule has 0 heterocycles. The smallest absolute Gasteiger partial charge is 0.322 e. The molecule has 78 valence electrons. The van der Waals surface area contributed by atoms with Gasteiger partial charge >= 0.3 is 5.97 Å². The molecule has 1 atom stereocenters.